The molecule has 0 aliphatic heterocycles. The van der Waals surface area contributed by atoms with Gasteiger partial charge in [-0.25, -0.2) is 9.97 Å². The summed E-state index contributed by atoms with van der Waals surface area (Å²) in [6.45, 7) is 0. The maximum atomic E-state index is 4.33. The number of aromatic nitrogens is 2. The van der Waals surface area contributed by atoms with Crippen LogP contribution in [0.5, 0.6) is 0 Å². The first-order chi connectivity index (χ1) is 5.90. The molecule has 0 fully saturated rings. The summed E-state index contributed by atoms with van der Waals surface area (Å²) in [5, 5.41) is 8.86. The smallest absolute Gasteiger partial charge is 0.183 e. The average Bonchev–Trinajstić information content (AvgIpc) is 2.75. The molecule has 0 aliphatic rings. The van der Waals surface area contributed by atoms with Crippen molar-refractivity contribution < 1.29 is 0 Å². The molecule has 0 atom stereocenters. The number of nitrogens with zero attached hydrogens (tertiary/aromatic N) is 2. The van der Waals surface area contributed by atoms with Gasteiger partial charge in [-0.1, -0.05) is 0 Å². The number of rotatable bonds is 2. The van der Waals surface area contributed by atoms with Gasteiger partial charge in [0.05, 0.1) is 0 Å². The van der Waals surface area contributed by atoms with Crippen molar-refractivity contribution in [3.05, 3.63) is 17.0 Å². The summed E-state index contributed by atoms with van der Waals surface area (Å²) < 4.78 is 0. The molecule has 0 saturated carbocycles. The number of hydrogen-bond donors (Lipinski definition) is 1. The van der Waals surface area contributed by atoms with Crippen LogP contribution in [0.2, 0.25) is 0 Å². The Labute approximate surface area is 78.1 Å². The van der Waals surface area contributed by atoms with Crippen molar-refractivity contribution in [1.82, 2.24) is 9.97 Å². The first kappa shape index (κ1) is 7.70. The minimum absolute atomic E-state index is 0.931. The molecule has 0 unspecified atom stereocenters. The summed E-state index contributed by atoms with van der Waals surface area (Å²) >= 11 is 3.20. The van der Waals surface area contributed by atoms with Gasteiger partial charge in [0.15, 0.2) is 5.13 Å². The minimum atomic E-state index is 0.931. The molecular formula is C7H7N3S2. The van der Waals surface area contributed by atoms with E-state index in [2.05, 4.69) is 15.3 Å². The van der Waals surface area contributed by atoms with Crippen molar-refractivity contribution in [2.75, 3.05) is 12.4 Å². The lowest BCUT2D eigenvalue weighted by atomic mass is 10.5. The van der Waals surface area contributed by atoms with Crippen LogP contribution < -0.4 is 5.32 Å². The zero-order chi connectivity index (χ0) is 8.39. The highest BCUT2D eigenvalue weighted by molar-refractivity contribution is 7.15. The Bertz CT molecular complexity index is 352. The van der Waals surface area contributed by atoms with E-state index in [9.17, 15) is 0 Å². The molecule has 2 rings (SSSR count). The van der Waals surface area contributed by atoms with E-state index in [4.69, 9.17) is 0 Å². The molecule has 2 aromatic heterocycles. The van der Waals surface area contributed by atoms with Gasteiger partial charge in [0, 0.05) is 24.0 Å². The third-order valence-electron chi connectivity index (χ3n) is 1.37. The average molecular weight is 197 g/mol. The highest BCUT2D eigenvalue weighted by atomic mass is 32.1. The maximum absolute atomic E-state index is 4.33. The van der Waals surface area contributed by atoms with E-state index in [0.29, 0.717) is 0 Å². The van der Waals surface area contributed by atoms with Gasteiger partial charge in [-0.15, -0.1) is 22.7 Å². The molecule has 0 saturated heterocycles. The van der Waals surface area contributed by atoms with Crippen molar-refractivity contribution >= 4 is 27.8 Å². The normalized spacial score (nSPS) is 10.1. The molecule has 1 N–H and O–H groups in total. The van der Waals surface area contributed by atoms with Crippen LogP contribution in [0.3, 0.4) is 0 Å². The lowest BCUT2D eigenvalue weighted by Crippen LogP contribution is -1.85. The second-order valence-electron chi connectivity index (χ2n) is 2.13. The van der Waals surface area contributed by atoms with E-state index in [0.717, 1.165) is 15.8 Å². The van der Waals surface area contributed by atoms with Crippen LogP contribution in [0.4, 0.5) is 5.13 Å². The minimum Gasteiger partial charge on any atom is -0.365 e. The molecule has 12 heavy (non-hydrogen) atoms. The van der Waals surface area contributed by atoms with Crippen LogP contribution in [0.15, 0.2) is 17.0 Å². The topological polar surface area (TPSA) is 37.8 Å². The fraction of sp³-hybridized carbons (Fsp3) is 0.143. The van der Waals surface area contributed by atoms with Crippen molar-refractivity contribution in [2.45, 2.75) is 0 Å². The quantitative estimate of drug-likeness (QED) is 0.802. The molecule has 0 radical (unpaired) electrons. The highest BCUT2D eigenvalue weighted by Gasteiger charge is 2.04. The number of anilines is 1. The van der Waals surface area contributed by atoms with Crippen molar-refractivity contribution in [3.8, 4) is 10.7 Å². The lowest BCUT2D eigenvalue weighted by molar-refractivity contribution is 1.32. The summed E-state index contributed by atoms with van der Waals surface area (Å²) in [5.74, 6) is 0. The molecule has 0 bridgehead atoms. The lowest BCUT2D eigenvalue weighted by Gasteiger charge is -1.88. The Kier molecular flexibility index (Phi) is 2.05. The molecule has 2 heterocycles. The van der Waals surface area contributed by atoms with Gasteiger partial charge in [-0.05, 0) is 0 Å². The van der Waals surface area contributed by atoms with Crippen LogP contribution in [0.25, 0.3) is 10.7 Å². The van der Waals surface area contributed by atoms with Gasteiger partial charge < -0.3 is 5.32 Å². The van der Waals surface area contributed by atoms with E-state index in [-0.39, 0.29) is 0 Å². The Balaban J connectivity index is 2.35. The SMILES string of the molecule is CNc1nc(-c2nccs2)cs1. The van der Waals surface area contributed by atoms with Gasteiger partial charge in [-0.2, -0.15) is 0 Å². The molecule has 3 nitrogen and oxygen atoms in total. The summed E-state index contributed by atoms with van der Waals surface area (Å²) in [6.07, 6.45) is 1.79. The summed E-state index contributed by atoms with van der Waals surface area (Å²) in [7, 11) is 1.87. The molecule has 0 amide bonds. The van der Waals surface area contributed by atoms with Crippen LogP contribution in [-0.4, -0.2) is 17.0 Å². The molecule has 0 aliphatic carbocycles. The van der Waals surface area contributed by atoms with Crippen LogP contribution >= 0.6 is 22.7 Å². The van der Waals surface area contributed by atoms with E-state index < -0.39 is 0 Å². The Hall–Kier alpha value is -0.940. The second kappa shape index (κ2) is 3.20. The fourth-order valence-corrected chi connectivity index (χ4v) is 2.17. The summed E-state index contributed by atoms with van der Waals surface area (Å²) in [6, 6.07) is 0. The van der Waals surface area contributed by atoms with Crippen molar-refractivity contribution in [3.63, 3.8) is 0 Å². The fourth-order valence-electron chi connectivity index (χ4n) is 0.837. The van der Waals surface area contributed by atoms with Crippen LogP contribution in [-0.2, 0) is 0 Å². The van der Waals surface area contributed by atoms with E-state index in [1.54, 1.807) is 28.9 Å². The number of nitrogens with one attached hydrogen (secondary N) is 1. The number of thiazole rings is 2. The first-order valence-electron chi connectivity index (χ1n) is 3.43. The zero-order valence-corrected chi connectivity index (χ0v) is 8.08. The van der Waals surface area contributed by atoms with Crippen molar-refractivity contribution in [1.29, 1.82) is 0 Å². The third kappa shape index (κ3) is 1.33. The molecule has 5 heteroatoms. The zero-order valence-electron chi connectivity index (χ0n) is 6.44. The van der Waals surface area contributed by atoms with Gasteiger partial charge in [0.1, 0.15) is 10.7 Å². The van der Waals surface area contributed by atoms with Gasteiger partial charge in [0.2, 0.25) is 0 Å². The van der Waals surface area contributed by atoms with Crippen LogP contribution in [0.1, 0.15) is 0 Å². The van der Waals surface area contributed by atoms with Gasteiger partial charge >= 0.3 is 0 Å². The third-order valence-corrected chi connectivity index (χ3v) is 3.02. The summed E-state index contributed by atoms with van der Waals surface area (Å²) in [4.78, 5) is 8.50. The predicted octanol–water partition coefficient (Wildman–Crippen LogP) is 2.31. The highest BCUT2D eigenvalue weighted by Crippen LogP contribution is 2.25. The van der Waals surface area contributed by atoms with Gasteiger partial charge in [0.25, 0.3) is 0 Å². The first-order valence-corrected chi connectivity index (χ1v) is 5.19. The predicted molar refractivity (Wildman–Crippen MR) is 52.8 cm³/mol. The molecule has 0 spiro atoms. The molecular weight excluding hydrogens is 190 g/mol. The van der Waals surface area contributed by atoms with Crippen molar-refractivity contribution in [2.24, 2.45) is 0 Å². The monoisotopic (exact) mass is 197 g/mol. The Morgan fingerprint density at radius 2 is 2.33 bits per heavy atom. The molecule has 0 aromatic carbocycles. The maximum Gasteiger partial charge on any atom is 0.183 e. The standard InChI is InChI=1S/C7H7N3S2/c1-8-7-10-5(4-12-7)6-9-2-3-11-6/h2-4H,1H3,(H,8,10). The summed E-state index contributed by atoms with van der Waals surface area (Å²) in [5.41, 5.74) is 0.958. The van der Waals surface area contributed by atoms with Gasteiger partial charge in [-0.3, -0.25) is 0 Å². The van der Waals surface area contributed by atoms with E-state index in [1.165, 1.54) is 0 Å². The Morgan fingerprint density at radius 3 is 2.92 bits per heavy atom. The van der Waals surface area contributed by atoms with Crippen LogP contribution in [0, 0.1) is 0 Å². The number of hydrogen-bond acceptors (Lipinski definition) is 5. The Morgan fingerprint density at radius 1 is 1.42 bits per heavy atom. The second-order valence-corrected chi connectivity index (χ2v) is 3.88. The molecule has 2 aromatic rings. The molecule has 62 valence electrons. The van der Waals surface area contributed by atoms with E-state index in [1.807, 2.05) is 17.8 Å². The largest absolute Gasteiger partial charge is 0.365 e. The van der Waals surface area contributed by atoms with E-state index >= 15 is 0 Å².